The third-order valence-electron chi connectivity index (χ3n) is 2.46. The zero-order valence-corrected chi connectivity index (χ0v) is 11.0. The summed E-state index contributed by atoms with van der Waals surface area (Å²) < 4.78 is 4.65. The molecule has 108 valence electrons. The molecule has 0 fully saturated rings. The van der Waals surface area contributed by atoms with Crippen molar-refractivity contribution in [1.29, 1.82) is 5.26 Å². The Bertz CT molecular complexity index is 669. The Balaban J connectivity index is 3.47. The van der Waals surface area contributed by atoms with Crippen molar-refractivity contribution in [3.63, 3.8) is 0 Å². The van der Waals surface area contributed by atoms with E-state index in [0.717, 1.165) is 12.1 Å². The van der Waals surface area contributed by atoms with E-state index in [1.54, 1.807) is 13.0 Å². The molecule has 7 nitrogen and oxygen atoms in total. The van der Waals surface area contributed by atoms with E-state index < -0.39 is 34.6 Å². The fourth-order valence-corrected chi connectivity index (χ4v) is 1.61. The Morgan fingerprint density at radius 1 is 1.29 bits per heavy atom. The third-order valence-corrected chi connectivity index (χ3v) is 2.46. The van der Waals surface area contributed by atoms with Gasteiger partial charge in [-0.2, -0.15) is 5.26 Å². The smallest absolute Gasteiger partial charge is 0.348 e. The summed E-state index contributed by atoms with van der Waals surface area (Å²) in [4.78, 5) is 33.8. The summed E-state index contributed by atoms with van der Waals surface area (Å²) in [5.74, 6) is -3.80. The standard InChI is InChI=1S/C14H11NO6/c1-2-21-14(20)9(7-15)6-8-4-3-5-10(12(16)17)11(8)13(18)19/h3-6H,2H2,1H3,(H,16,17)(H,18,19)/b9-6+. The molecule has 0 bridgehead atoms. The molecule has 0 saturated heterocycles. The number of benzene rings is 1. The van der Waals surface area contributed by atoms with Gasteiger partial charge in [0, 0.05) is 0 Å². The number of hydrogen-bond acceptors (Lipinski definition) is 5. The summed E-state index contributed by atoms with van der Waals surface area (Å²) in [6.07, 6.45) is 0.994. The summed E-state index contributed by atoms with van der Waals surface area (Å²) in [5.41, 5.74) is -1.41. The van der Waals surface area contributed by atoms with Gasteiger partial charge >= 0.3 is 17.9 Å². The highest BCUT2D eigenvalue weighted by Crippen LogP contribution is 2.19. The van der Waals surface area contributed by atoms with Crippen molar-refractivity contribution in [2.75, 3.05) is 6.61 Å². The van der Waals surface area contributed by atoms with E-state index in [1.807, 2.05) is 0 Å². The zero-order valence-electron chi connectivity index (χ0n) is 11.0. The third kappa shape index (κ3) is 3.67. The van der Waals surface area contributed by atoms with Gasteiger partial charge in [-0.25, -0.2) is 14.4 Å². The molecule has 0 aliphatic carbocycles. The monoisotopic (exact) mass is 289 g/mol. The highest BCUT2D eigenvalue weighted by molar-refractivity contribution is 6.06. The van der Waals surface area contributed by atoms with Crippen molar-refractivity contribution < 1.29 is 29.3 Å². The van der Waals surface area contributed by atoms with Crippen molar-refractivity contribution in [1.82, 2.24) is 0 Å². The van der Waals surface area contributed by atoms with Gasteiger partial charge in [-0.05, 0) is 24.6 Å². The van der Waals surface area contributed by atoms with E-state index in [-0.39, 0.29) is 12.2 Å². The normalized spacial score (nSPS) is 10.6. The lowest BCUT2D eigenvalue weighted by Crippen LogP contribution is -2.11. The molecule has 1 rings (SSSR count). The molecule has 2 N–H and O–H groups in total. The van der Waals surface area contributed by atoms with E-state index in [2.05, 4.69) is 4.74 Å². The number of hydrogen-bond donors (Lipinski definition) is 2. The number of ether oxygens (including phenoxy) is 1. The van der Waals surface area contributed by atoms with Crippen LogP contribution in [0, 0.1) is 11.3 Å². The largest absolute Gasteiger partial charge is 0.478 e. The first-order valence-corrected chi connectivity index (χ1v) is 5.80. The Morgan fingerprint density at radius 3 is 2.43 bits per heavy atom. The van der Waals surface area contributed by atoms with Crippen LogP contribution < -0.4 is 0 Å². The van der Waals surface area contributed by atoms with Crippen LogP contribution in [0.25, 0.3) is 6.08 Å². The predicted molar refractivity (Wildman–Crippen MR) is 70.6 cm³/mol. The molecule has 1 aromatic carbocycles. The highest BCUT2D eigenvalue weighted by Gasteiger charge is 2.20. The minimum Gasteiger partial charge on any atom is -0.478 e. The van der Waals surface area contributed by atoms with Crippen LogP contribution in [0.15, 0.2) is 23.8 Å². The summed E-state index contributed by atoms with van der Waals surface area (Å²) in [7, 11) is 0. The van der Waals surface area contributed by atoms with E-state index in [4.69, 9.17) is 15.5 Å². The summed E-state index contributed by atoms with van der Waals surface area (Å²) in [5, 5.41) is 27.0. The summed E-state index contributed by atoms with van der Waals surface area (Å²) in [6, 6.07) is 5.34. The van der Waals surface area contributed by atoms with Gasteiger partial charge < -0.3 is 14.9 Å². The number of carbonyl (C=O) groups excluding carboxylic acids is 1. The number of nitriles is 1. The maximum absolute atomic E-state index is 11.5. The molecule has 0 aromatic heterocycles. The van der Waals surface area contributed by atoms with Crippen molar-refractivity contribution >= 4 is 24.0 Å². The van der Waals surface area contributed by atoms with Crippen LogP contribution in [-0.4, -0.2) is 34.7 Å². The second-order valence-corrected chi connectivity index (χ2v) is 3.77. The van der Waals surface area contributed by atoms with Gasteiger partial charge in [-0.1, -0.05) is 12.1 Å². The SMILES string of the molecule is CCOC(=O)/C(C#N)=C/c1cccc(C(=O)O)c1C(=O)O. The minimum atomic E-state index is -1.47. The maximum Gasteiger partial charge on any atom is 0.348 e. The molecule has 7 heteroatoms. The van der Waals surface area contributed by atoms with Gasteiger partial charge in [-0.15, -0.1) is 0 Å². The Hall–Kier alpha value is -3.14. The maximum atomic E-state index is 11.5. The number of carboxylic acids is 2. The average molecular weight is 289 g/mol. The molecule has 0 radical (unpaired) electrons. The molecule has 1 aromatic rings. The Morgan fingerprint density at radius 2 is 1.95 bits per heavy atom. The molecule has 21 heavy (non-hydrogen) atoms. The topological polar surface area (TPSA) is 125 Å². The molecular formula is C14H11NO6. The second kappa shape index (κ2) is 6.86. The lowest BCUT2D eigenvalue weighted by Gasteiger charge is -2.06. The van der Waals surface area contributed by atoms with Crippen molar-refractivity contribution in [3.8, 4) is 6.07 Å². The van der Waals surface area contributed by atoms with Crippen LogP contribution in [0.5, 0.6) is 0 Å². The van der Waals surface area contributed by atoms with Crippen LogP contribution in [0.3, 0.4) is 0 Å². The zero-order chi connectivity index (χ0) is 16.0. The molecule has 0 heterocycles. The number of nitrogens with zero attached hydrogens (tertiary/aromatic N) is 1. The minimum absolute atomic E-state index is 0.0544. The Kier molecular flexibility index (Phi) is 5.20. The number of carbonyl (C=O) groups is 3. The molecular weight excluding hydrogens is 278 g/mol. The van der Waals surface area contributed by atoms with Crippen LogP contribution in [0.2, 0.25) is 0 Å². The predicted octanol–water partition coefficient (Wildman–Crippen LogP) is 1.55. The molecule has 0 unspecified atom stereocenters. The highest BCUT2D eigenvalue weighted by atomic mass is 16.5. The van der Waals surface area contributed by atoms with Gasteiger partial charge in [0.15, 0.2) is 0 Å². The van der Waals surface area contributed by atoms with Gasteiger partial charge in [-0.3, -0.25) is 0 Å². The Labute approximate surface area is 119 Å². The quantitative estimate of drug-likeness (QED) is 0.478. The first-order chi connectivity index (χ1) is 9.92. The fourth-order valence-electron chi connectivity index (χ4n) is 1.61. The van der Waals surface area contributed by atoms with E-state index >= 15 is 0 Å². The number of aromatic carboxylic acids is 2. The number of rotatable bonds is 5. The van der Waals surface area contributed by atoms with Crippen LogP contribution in [-0.2, 0) is 9.53 Å². The van der Waals surface area contributed by atoms with Crippen LogP contribution in [0.1, 0.15) is 33.2 Å². The van der Waals surface area contributed by atoms with Gasteiger partial charge in [0.25, 0.3) is 0 Å². The van der Waals surface area contributed by atoms with Crippen molar-refractivity contribution in [3.05, 3.63) is 40.5 Å². The first kappa shape index (κ1) is 15.9. The number of esters is 1. The van der Waals surface area contributed by atoms with Gasteiger partial charge in [0.1, 0.15) is 11.6 Å². The van der Waals surface area contributed by atoms with Gasteiger partial charge in [0.2, 0.25) is 0 Å². The lowest BCUT2D eigenvalue weighted by molar-refractivity contribution is -0.137. The fraction of sp³-hybridized carbons (Fsp3) is 0.143. The van der Waals surface area contributed by atoms with E-state index in [9.17, 15) is 14.4 Å². The van der Waals surface area contributed by atoms with E-state index in [1.165, 1.54) is 12.1 Å². The van der Waals surface area contributed by atoms with Crippen LogP contribution in [0.4, 0.5) is 0 Å². The van der Waals surface area contributed by atoms with Crippen LogP contribution >= 0.6 is 0 Å². The summed E-state index contributed by atoms with van der Waals surface area (Å²) in [6.45, 7) is 1.61. The molecule has 0 spiro atoms. The molecule has 0 amide bonds. The average Bonchev–Trinajstić information content (AvgIpc) is 2.44. The van der Waals surface area contributed by atoms with Crippen molar-refractivity contribution in [2.45, 2.75) is 6.92 Å². The molecule has 0 atom stereocenters. The second-order valence-electron chi connectivity index (χ2n) is 3.77. The molecule has 0 aliphatic heterocycles. The van der Waals surface area contributed by atoms with Gasteiger partial charge in [0.05, 0.1) is 17.7 Å². The van der Waals surface area contributed by atoms with Crippen molar-refractivity contribution in [2.24, 2.45) is 0 Å². The lowest BCUT2D eigenvalue weighted by atomic mass is 9.99. The summed E-state index contributed by atoms with van der Waals surface area (Å²) >= 11 is 0. The molecule has 0 saturated carbocycles. The molecule has 0 aliphatic rings. The first-order valence-electron chi connectivity index (χ1n) is 5.80. The van der Waals surface area contributed by atoms with E-state index in [0.29, 0.717) is 0 Å². The number of carboxylic acid groups (broad SMARTS) is 2.